The average molecular weight is 399 g/mol. The molecule has 1 aromatic carbocycles. The molecule has 1 aromatic heterocycles. The topological polar surface area (TPSA) is 96.5 Å². The predicted octanol–water partition coefficient (Wildman–Crippen LogP) is 3.90. The summed E-state index contributed by atoms with van der Waals surface area (Å²) in [6, 6.07) is 8.10. The van der Waals surface area contributed by atoms with Gasteiger partial charge in [-0.1, -0.05) is 43.3 Å². The molecule has 0 radical (unpaired) electrons. The van der Waals surface area contributed by atoms with Gasteiger partial charge in [-0.2, -0.15) is 4.98 Å². The first-order chi connectivity index (χ1) is 13.9. The van der Waals surface area contributed by atoms with Crippen molar-refractivity contribution in [3.63, 3.8) is 0 Å². The van der Waals surface area contributed by atoms with Crippen molar-refractivity contribution in [2.24, 2.45) is 5.92 Å². The highest BCUT2D eigenvalue weighted by Gasteiger charge is 2.24. The highest BCUT2D eigenvalue weighted by Crippen LogP contribution is 2.23. The van der Waals surface area contributed by atoms with Crippen LogP contribution in [-0.2, 0) is 16.0 Å². The molecule has 1 aliphatic rings. The second-order valence-electron chi connectivity index (χ2n) is 8.07. The van der Waals surface area contributed by atoms with Crippen LogP contribution in [0.3, 0.4) is 0 Å². The highest BCUT2D eigenvalue weighted by atomic mass is 16.5. The molecule has 1 amide bonds. The van der Waals surface area contributed by atoms with Gasteiger partial charge in [0.15, 0.2) is 0 Å². The van der Waals surface area contributed by atoms with E-state index in [1.807, 2.05) is 17.0 Å². The summed E-state index contributed by atoms with van der Waals surface area (Å²) in [5.41, 5.74) is 2.15. The van der Waals surface area contributed by atoms with Crippen molar-refractivity contribution in [2.45, 2.75) is 58.3 Å². The van der Waals surface area contributed by atoms with E-state index in [1.54, 1.807) is 0 Å². The number of aryl methyl sites for hydroxylation is 1. The third-order valence-electron chi connectivity index (χ3n) is 5.49. The molecule has 156 valence electrons. The van der Waals surface area contributed by atoms with Gasteiger partial charge in [-0.05, 0) is 36.7 Å². The van der Waals surface area contributed by atoms with E-state index < -0.39 is 5.97 Å². The summed E-state index contributed by atoms with van der Waals surface area (Å²) in [5.74, 6) is 1.02. The smallest absolute Gasteiger partial charge is 0.303 e. The van der Waals surface area contributed by atoms with E-state index in [2.05, 4.69) is 36.1 Å². The molecular weight excluding hydrogens is 370 g/mol. The standard InChI is InChI=1S/C22H29N3O4/c1-15(2)17-6-8-18(9-7-17)22-23-19(29-24-22)10-11-20(26)25-13-3-4-16(14-25)5-12-21(27)28/h6-9,15-16H,3-5,10-14H2,1-2H3,(H,27,28). The molecule has 0 bridgehead atoms. The molecule has 2 aromatic rings. The molecule has 29 heavy (non-hydrogen) atoms. The van der Waals surface area contributed by atoms with Crippen LogP contribution in [0.1, 0.15) is 63.3 Å². The van der Waals surface area contributed by atoms with E-state index in [1.165, 1.54) is 5.56 Å². The quantitative estimate of drug-likeness (QED) is 0.723. The number of carboxylic acid groups (broad SMARTS) is 1. The minimum Gasteiger partial charge on any atom is -0.481 e. The summed E-state index contributed by atoms with van der Waals surface area (Å²) in [5, 5.41) is 12.9. The average Bonchev–Trinajstić information content (AvgIpc) is 3.20. The number of hydrogen-bond donors (Lipinski definition) is 1. The SMILES string of the molecule is CC(C)c1ccc(-c2noc(CCC(=O)N3CCCC(CCC(=O)O)C3)n2)cc1. The van der Waals surface area contributed by atoms with Gasteiger partial charge in [0.05, 0.1) is 0 Å². The van der Waals surface area contributed by atoms with Crippen LogP contribution in [0.2, 0.25) is 0 Å². The maximum absolute atomic E-state index is 12.6. The van der Waals surface area contributed by atoms with Crippen molar-refractivity contribution < 1.29 is 19.2 Å². The third kappa shape index (κ3) is 5.89. The van der Waals surface area contributed by atoms with E-state index >= 15 is 0 Å². The van der Waals surface area contributed by atoms with Crippen LogP contribution >= 0.6 is 0 Å². The maximum atomic E-state index is 12.6. The van der Waals surface area contributed by atoms with Gasteiger partial charge < -0.3 is 14.5 Å². The molecule has 1 N–H and O–H groups in total. The van der Waals surface area contributed by atoms with Gasteiger partial charge in [0, 0.05) is 37.9 Å². The Balaban J connectivity index is 1.51. The van der Waals surface area contributed by atoms with Crippen LogP contribution in [0, 0.1) is 5.92 Å². The number of piperidine rings is 1. The van der Waals surface area contributed by atoms with Gasteiger partial charge in [0.1, 0.15) is 0 Å². The van der Waals surface area contributed by atoms with Gasteiger partial charge >= 0.3 is 5.97 Å². The Bertz CT molecular complexity index is 829. The summed E-state index contributed by atoms with van der Waals surface area (Å²) in [6.07, 6.45) is 3.43. The Morgan fingerprint density at radius 1 is 1.24 bits per heavy atom. The van der Waals surface area contributed by atoms with Gasteiger partial charge in [0.25, 0.3) is 0 Å². The van der Waals surface area contributed by atoms with Crippen LogP contribution in [0.5, 0.6) is 0 Å². The predicted molar refractivity (Wildman–Crippen MR) is 108 cm³/mol. The molecule has 0 saturated carbocycles. The lowest BCUT2D eigenvalue weighted by atomic mass is 9.93. The first-order valence-corrected chi connectivity index (χ1v) is 10.3. The number of carbonyl (C=O) groups excluding carboxylic acids is 1. The second-order valence-corrected chi connectivity index (χ2v) is 8.07. The summed E-state index contributed by atoms with van der Waals surface area (Å²) >= 11 is 0. The molecular formula is C22H29N3O4. The fourth-order valence-electron chi connectivity index (χ4n) is 3.72. The molecule has 1 aliphatic heterocycles. The molecule has 1 atom stereocenters. The molecule has 3 rings (SSSR count). The molecule has 7 nitrogen and oxygen atoms in total. The molecule has 0 aliphatic carbocycles. The number of nitrogens with zero attached hydrogens (tertiary/aromatic N) is 3. The van der Waals surface area contributed by atoms with E-state index in [0.29, 0.717) is 43.4 Å². The van der Waals surface area contributed by atoms with E-state index in [4.69, 9.17) is 9.63 Å². The van der Waals surface area contributed by atoms with Crippen LogP contribution in [0.15, 0.2) is 28.8 Å². The van der Waals surface area contributed by atoms with Crippen molar-refractivity contribution >= 4 is 11.9 Å². The number of likely N-dealkylation sites (tertiary alicyclic amines) is 1. The van der Waals surface area contributed by atoms with Crippen molar-refractivity contribution in [3.8, 4) is 11.4 Å². The lowest BCUT2D eigenvalue weighted by Gasteiger charge is -2.32. The number of rotatable bonds is 8. The lowest BCUT2D eigenvalue weighted by molar-refractivity contribution is -0.137. The van der Waals surface area contributed by atoms with Crippen molar-refractivity contribution in [1.29, 1.82) is 0 Å². The fraction of sp³-hybridized carbons (Fsp3) is 0.545. The van der Waals surface area contributed by atoms with Gasteiger partial charge in [-0.25, -0.2) is 0 Å². The van der Waals surface area contributed by atoms with E-state index in [0.717, 1.165) is 24.9 Å². The first-order valence-electron chi connectivity index (χ1n) is 10.3. The minimum absolute atomic E-state index is 0.0612. The number of carboxylic acids is 1. The van der Waals surface area contributed by atoms with Crippen molar-refractivity contribution in [3.05, 3.63) is 35.7 Å². The molecule has 7 heteroatoms. The zero-order valence-electron chi connectivity index (χ0n) is 17.1. The maximum Gasteiger partial charge on any atom is 0.303 e. The van der Waals surface area contributed by atoms with Crippen LogP contribution in [0.25, 0.3) is 11.4 Å². The van der Waals surface area contributed by atoms with Gasteiger partial charge in [-0.15, -0.1) is 0 Å². The molecule has 1 fully saturated rings. The van der Waals surface area contributed by atoms with Crippen LogP contribution in [-0.4, -0.2) is 45.1 Å². The largest absolute Gasteiger partial charge is 0.481 e. The Labute approximate surface area is 171 Å². The van der Waals surface area contributed by atoms with Crippen molar-refractivity contribution in [1.82, 2.24) is 15.0 Å². The monoisotopic (exact) mass is 399 g/mol. The van der Waals surface area contributed by atoms with E-state index in [-0.39, 0.29) is 18.2 Å². The second kappa shape index (κ2) is 9.67. The molecule has 2 heterocycles. The summed E-state index contributed by atoms with van der Waals surface area (Å²) in [7, 11) is 0. The number of aliphatic carboxylic acids is 1. The summed E-state index contributed by atoms with van der Waals surface area (Å²) < 4.78 is 5.32. The molecule has 0 spiro atoms. The summed E-state index contributed by atoms with van der Waals surface area (Å²) in [6.45, 7) is 5.67. The Morgan fingerprint density at radius 2 is 2.00 bits per heavy atom. The fourth-order valence-corrected chi connectivity index (χ4v) is 3.72. The Hall–Kier alpha value is -2.70. The van der Waals surface area contributed by atoms with Gasteiger partial charge in [-0.3, -0.25) is 9.59 Å². The number of benzene rings is 1. The third-order valence-corrected chi connectivity index (χ3v) is 5.49. The van der Waals surface area contributed by atoms with E-state index in [9.17, 15) is 9.59 Å². The zero-order chi connectivity index (χ0) is 20.8. The van der Waals surface area contributed by atoms with Crippen LogP contribution < -0.4 is 0 Å². The summed E-state index contributed by atoms with van der Waals surface area (Å²) in [4.78, 5) is 29.6. The van der Waals surface area contributed by atoms with Crippen molar-refractivity contribution in [2.75, 3.05) is 13.1 Å². The number of hydrogen-bond acceptors (Lipinski definition) is 5. The number of carbonyl (C=O) groups is 2. The molecule has 1 saturated heterocycles. The molecule has 1 unspecified atom stereocenters. The number of aromatic nitrogens is 2. The highest BCUT2D eigenvalue weighted by molar-refractivity contribution is 5.76. The van der Waals surface area contributed by atoms with Crippen LogP contribution in [0.4, 0.5) is 0 Å². The Morgan fingerprint density at radius 3 is 2.69 bits per heavy atom. The lowest BCUT2D eigenvalue weighted by Crippen LogP contribution is -2.40. The zero-order valence-corrected chi connectivity index (χ0v) is 17.1. The minimum atomic E-state index is -0.778. The Kier molecular flexibility index (Phi) is 7.01. The normalized spacial score (nSPS) is 16.9. The first kappa shape index (κ1) is 21.0. The number of amides is 1. The van der Waals surface area contributed by atoms with Gasteiger partial charge in [0.2, 0.25) is 17.6 Å².